The van der Waals surface area contributed by atoms with Crippen molar-refractivity contribution in [3.05, 3.63) is 36.2 Å². The minimum atomic E-state index is -0.516. The van der Waals surface area contributed by atoms with E-state index in [0.717, 1.165) is 33.1 Å². The van der Waals surface area contributed by atoms with Gasteiger partial charge in [0.1, 0.15) is 17.1 Å². The molecule has 3 aromatic heterocycles. The van der Waals surface area contributed by atoms with Crippen molar-refractivity contribution in [2.24, 2.45) is 7.05 Å². The summed E-state index contributed by atoms with van der Waals surface area (Å²) >= 11 is 0. The van der Waals surface area contributed by atoms with Crippen LogP contribution in [0.4, 0.5) is 10.5 Å². The quantitative estimate of drug-likeness (QED) is 0.321. The lowest BCUT2D eigenvalue weighted by molar-refractivity contribution is 0.0240. The van der Waals surface area contributed by atoms with Crippen LogP contribution in [0, 0.1) is 6.92 Å². The summed E-state index contributed by atoms with van der Waals surface area (Å²) in [7, 11) is 5.12. The summed E-state index contributed by atoms with van der Waals surface area (Å²) in [5.74, 6) is 1.31. The summed E-state index contributed by atoms with van der Waals surface area (Å²) in [5.41, 5.74) is 4.24. The van der Waals surface area contributed by atoms with E-state index in [1.807, 2.05) is 65.3 Å². The highest BCUT2D eigenvalue weighted by molar-refractivity contribution is 5.93. The number of hydrogen-bond acceptors (Lipinski definition) is 9. The fraction of sp³-hybridized carbons (Fsp3) is 0.448. The van der Waals surface area contributed by atoms with E-state index in [2.05, 4.69) is 10.00 Å². The number of rotatable bonds is 6. The van der Waals surface area contributed by atoms with Gasteiger partial charge < -0.3 is 28.7 Å². The fourth-order valence-electron chi connectivity index (χ4n) is 4.95. The number of ether oxygens (including phenoxy) is 4. The van der Waals surface area contributed by atoms with Gasteiger partial charge in [-0.3, -0.25) is 4.68 Å². The third kappa shape index (κ3) is 5.46. The Morgan fingerprint density at radius 3 is 2.50 bits per heavy atom. The van der Waals surface area contributed by atoms with Gasteiger partial charge >= 0.3 is 6.09 Å². The molecule has 1 aliphatic heterocycles. The van der Waals surface area contributed by atoms with E-state index in [1.54, 1.807) is 23.8 Å². The number of benzene rings is 1. The zero-order valence-electron chi connectivity index (χ0n) is 24.1. The zero-order valence-corrected chi connectivity index (χ0v) is 24.1. The average Bonchev–Trinajstić information content (AvgIpc) is 3.31. The smallest absolute Gasteiger partial charge is 0.410 e. The Kier molecular flexibility index (Phi) is 7.41. The molecule has 4 heterocycles. The molecule has 0 bridgehead atoms. The lowest BCUT2D eigenvalue weighted by Crippen LogP contribution is -2.50. The molecule has 0 radical (unpaired) electrons. The van der Waals surface area contributed by atoms with Crippen LogP contribution in [-0.4, -0.2) is 83.5 Å². The summed E-state index contributed by atoms with van der Waals surface area (Å²) in [5, 5.41) is 6.37. The zero-order chi connectivity index (χ0) is 28.6. The van der Waals surface area contributed by atoms with Crippen LogP contribution < -0.4 is 14.4 Å². The standard InChI is InChI=1S/C29H36N6O5/c1-18-25-19(16-33(5)32-25)12-21(26(18)39-17-37-6)23-14-24(38-7)22-13-20(15-30-27(22)31-23)34-8-10-35(11-9-34)28(36)40-29(2,3)4/h12-16H,8-11,17H2,1-7H3. The average molecular weight is 549 g/mol. The van der Waals surface area contributed by atoms with Crippen LogP contribution in [0.15, 0.2) is 30.6 Å². The van der Waals surface area contributed by atoms with Crippen molar-refractivity contribution in [3.8, 4) is 22.8 Å². The second-order valence-corrected chi connectivity index (χ2v) is 10.9. The minimum absolute atomic E-state index is 0.0969. The number of hydrogen-bond donors (Lipinski definition) is 0. The molecule has 0 aliphatic carbocycles. The molecule has 11 nitrogen and oxygen atoms in total. The molecule has 40 heavy (non-hydrogen) atoms. The van der Waals surface area contributed by atoms with Crippen LogP contribution in [0.2, 0.25) is 0 Å². The van der Waals surface area contributed by atoms with Gasteiger partial charge in [0.25, 0.3) is 0 Å². The van der Waals surface area contributed by atoms with Crippen molar-refractivity contribution in [1.82, 2.24) is 24.6 Å². The molecular weight excluding hydrogens is 512 g/mol. The van der Waals surface area contributed by atoms with E-state index in [0.29, 0.717) is 49.0 Å². The maximum Gasteiger partial charge on any atom is 0.410 e. The first kappa shape index (κ1) is 27.4. The van der Waals surface area contributed by atoms with Crippen molar-refractivity contribution in [2.75, 3.05) is 52.1 Å². The summed E-state index contributed by atoms with van der Waals surface area (Å²) in [6.45, 7) is 10.2. The number of nitrogens with zero attached hydrogens (tertiary/aromatic N) is 6. The first-order valence-electron chi connectivity index (χ1n) is 13.2. The molecule has 0 saturated carbocycles. The molecule has 0 N–H and O–H groups in total. The Morgan fingerprint density at radius 1 is 1.07 bits per heavy atom. The molecule has 4 aromatic rings. The summed E-state index contributed by atoms with van der Waals surface area (Å²) in [6, 6.07) is 5.97. The van der Waals surface area contributed by atoms with Crippen LogP contribution in [0.3, 0.4) is 0 Å². The lowest BCUT2D eigenvalue weighted by atomic mass is 10.0. The molecule has 0 spiro atoms. The van der Waals surface area contributed by atoms with E-state index in [1.165, 1.54) is 0 Å². The molecular formula is C29H36N6O5. The van der Waals surface area contributed by atoms with E-state index in [4.69, 9.17) is 28.9 Å². The number of amides is 1. The molecule has 1 fully saturated rings. The second-order valence-electron chi connectivity index (χ2n) is 10.9. The largest absolute Gasteiger partial charge is 0.496 e. The number of carbonyl (C=O) groups is 1. The fourth-order valence-corrected chi connectivity index (χ4v) is 4.95. The molecule has 11 heteroatoms. The van der Waals surface area contributed by atoms with E-state index in [9.17, 15) is 4.79 Å². The highest BCUT2D eigenvalue weighted by Crippen LogP contribution is 2.40. The minimum Gasteiger partial charge on any atom is -0.496 e. The molecule has 5 rings (SSSR count). The molecule has 0 unspecified atom stereocenters. The van der Waals surface area contributed by atoms with Gasteiger partial charge in [0, 0.05) is 69.1 Å². The van der Waals surface area contributed by atoms with Gasteiger partial charge in [-0.05, 0) is 39.8 Å². The lowest BCUT2D eigenvalue weighted by Gasteiger charge is -2.36. The van der Waals surface area contributed by atoms with Gasteiger partial charge in [-0.2, -0.15) is 5.10 Å². The first-order valence-corrected chi connectivity index (χ1v) is 13.2. The van der Waals surface area contributed by atoms with E-state index >= 15 is 0 Å². The normalized spacial score (nSPS) is 14.2. The number of aryl methyl sites for hydroxylation is 2. The van der Waals surface area contributed by atoms with Gasteiger partial charge in [0.05, 0.1) is 35.6 Å². The SMILES string of the molecule is COCOc1c(-c2cc(OC)c3cc(N4CCN(C(=O)OC(C)(C)C)CC4)cnc3n2)cc2cn(C)nc2c1C. The summed E-state index contributed by atoms with van der Waals surface area (Å²) in [4.78, 5) is 26.0. The predicted molar refractivity (Wildman–Crippen MR) is 153 cm³/mol. The number of pyridine rings is 2. The van der Waals surface area contributed by atoms with Gasteiger partial charge in [-0.1, -0.05) is 0 Å². The number of carbonyl (C=O) groups excluding carboxylic acids is 1. The number of fused-ring (bicyclic) bond motifs is 2. The van der Waals surface area contributed by atoms with Crippen LogP contribution in [0.25, 0.3) is 33.2 Å². The predicted octanol–water partition coefficient (Wildman–Crippen LogP) is 4.54. The third-order valence-electron chi connectivity index (χ3n) is 6.82. The van der Waals surface area contributed by atoms with Crippen LogP contribution in [0.5, 0.6) is 11.5 Å². The van der Waals surface area contributed by atoms with Crippen LogP contribution in [0.1, 0.15) is 26.3 Å². The summed E-state index contributed by atoms with van der Waals surface area (Å²) < 4.78 is 24.3. The Hall–Kier alpha value is -4.12. The van der Waals surface area contributed by atoms with Gasteiger partial charge in [0.15, 0.2) is 12.4 Å². The molecule has 1 saturated heterocycles. The summed E-state index contributed by atoms with van der Waals surface area (Å²) in [6.07, 6.45) is 3.51. The van der Waals surface area contributed by atoms with Crippen LogP contribution >= 0.6 is 0 Å². The van der Waals surface area contributed by atoms with Crippen molar-refractivity contribution >= 4 is 33.7 Å². The Morgan fingerprint density at radius 2 is 1.82 bits per heavy atom. The van der Waals surface area contributed by atoms with Crippen molar-refractivity contribution in [3.63, 3.8) is 0 Å². The highest BCUT2D eigenvalue weighted by atomic mass is 16.7. The maximum atomic E-state index is 12.5. The van der Waals surface area contributed by atoms with Crippen LogP contribution in [-0.2, 0) is 16.5 Å². The highest BCUT2D eigenvalue weighted by Gasteiger charge is 2.26. The van der Waals surface area contributed by atoms with Crippen molar-refractivity contribution in [1.29, 1.82) is 0 Å². The molecule has 212 valence electrons. The number of anilines is 1. The monoisotopic (exact) mass is 548 g/mol. The third-order valence-corrected chi connectivity index (χ3v) is 6.82. The molecule has 1 aliphatic rings. The Balaban J connectivity index is 1.47. The van der Waals surface area contributed by atoms with E-state index in [-0.39, 0.29) is 12.9 Å². The molecule has 0 atom stereocenters. The Labute approximate surface area is 233 Å². The maximum absolute atomic E-state index is 12.5. The number of piperazine rings is 1. The number of aromatic nitrogens is 4. The van der Waals surface area contributed by atoms with Gasteiger partial charge in [-0.15, -0.1) is 0 Å². The second kappa shape index (κ2) is 10.8. The van der Waals surface area contributed by atoms with Gasteiger partial charge in [-0.25, -0.2) is 14.8 Å². The molecule has 1 aromatic carbocycles. The topological polar surface area (TPSA) is 104 Å². The van der Waals surface area contributed by atoms with Gasteiger partial charge in [0.2, 0.25) is 0 Å². The van der Waals surface area contributed by atoms with Crippen molar-refractivity contribution < 1.29 is 23.7 Å². The Bertz CT molecular complexity index is 1550. The molecule has 1 amide bonds. The first-order chi connectivity index (χ1) is 19.1. The number of methoxy groups -OCH3 is 2. The van der Waals surface area contributed by atoms with E-state index < -0.39 is 5.60 Å². The van der Waals surface area contributed by atoms with Crippen molar-refractivity contribution in [2.45, 2.75) is 33.3 Å².